The van der Waals surface area contributed by atoms with E-state index in [1.54, 1.807) is 16.8 Å². The Balaban J connectivity index is 1.49. The third-order valence-electron chi connectivity index (χ3n) is 3.72. The van der Waals surface area contributed by atoms with E-state index in [0.717, 1.165) is 11.1 Å². The van der Waals surface area contributed by atoms with Gasteiger partial charge in [-0.2, -0.15) is 0 Å². The topological polar surface area (TPSA) is 69.0 Å². The molecule has 0 bridgehead atoms. The molecule has 9 heteroatoms. The van der Waals surface area contributed by atoms with Crippen molar-refractivity contribution in [1.82, 2.24) is 14.9 Å². The fourth-order valence-corrected chi connectivity index (χ4v) is 3.59. The Morgan fingerprint density at radius 2 is 1.96 bits per heavy atom. The molecule has 0 saturated heterocycles. The van der Waals surface area contributed by atoms with Crippen LogP contribution in [-0.4, -0.2) is 26.5 Å². The van der Waals surface area contributed by atoms with Crippen molar-refractivity contribution in [2.45, 2.75) is 11.8 Å². The predicted octanol–water partition coefficient (Wildman–Crippen LogP) is 4.01. The van der Waals surface area contributed by atoms with Gasteiger partial charge in [0.15, 0.2) is 5.82 Å². The monoisotopic (exact) mass is 406 g/mol. The van der Waals surface area contributed by atoms with Gasteiger partial charge in [-0.1, -0.05) is 41.0 Å². The van der Waals surface area contributed by atoms with Crippen molar-refractivity contribution in [2.24, 2.45) is 0 Å². The van der Waals surface area contributed by atoms with Crippen LogP contribution in [0.5, 0.6) is 5.75 Å². The van der Waals surface area contributed by atoms with Crippen molar-refractivity contribution in [3.63, 3.8) is 0 Å². The van der Waals surface area contributed by atoms with E-state index >= 15 is 0 Å². The van der Waals surface area contributed by atoms with Gasteiger partial charge < -0.3 is 4.74 Å². The molecule has 0 fully saturated rings. The molecule has 3 aromatic rings. The zero-order valence-electron chi connectivity index (χ0n) is 13.3. The number of carbonyl (C=O) groups excluding carboxylic acids is 1. The zero-order chi connectivity index (χ0) is 18.1. The van der Waals surface area contributed by atoms with Crippen molar-refractivity contribution in [1.29, 1.82) is 0 Å². The molecule has 1 aliphatic heterocycles. The highest BCUT2D eigenvalue weighted by Gasteiger charge is 2.21. The van der Waals surface area contributed by atoms with E-state index in [0.29, 0.717) is 39.1 Å². The van der Waals surface area contributed by atoms with Gasteiger partial charge in [-0.25, -0.2) is 4.68 Å². The summed E-state index contributed by atoms with van der Waals surface area (Å²) >= 11 is 13.4. The highest BCUT2D eigenvalue weighted by Crippen LogP contribution is 2.27. The van der Waals surface area contributed by atoms with Crippen molar-refractivity contribution < 1.29 is 9.53 Å². The Labute approximate surface area is 163 Å². The molecule has 6 nitrogen and oxygen atoms in total. The molecule has 1 aromatic heterocycles. The first-order valence-corrected chi connectivity index (χ1v) is 9.39. The minimum absolute atomic E-state index is 0.0802. The molecule has 1 N–H and O–H groups in total. The van der Waals surface area contributed by atoms with Crippen LogP contribution in [0.2, 0.25) is 10.0 Å². The minimum atomic E-state index is -0.0802. The summed E-state index contributed by atoms with van der Waals surface area (Å²) in [5.41, 5.74) is 4.43. The second-order valence-electron chi connectivity index (χ2n) is 5.51. The lowest BCUT2D eigenvalue weighted by atomic mass is 10.2. The summed E-state index contributed by atoms with van der Waals surface area (Å²) in [6.07, 6.45) is 0. The number of nitrogens with one attached hydrogen (secondary N) is 1. The Morgan fingerprint density at radius 3 is 2.73 bits per heavy atom. The molecular formula is C17H12Cl2N4O2S. The van der Waals surface area contributed by atoms with E-state index in [2.05, 4.69) is 15.6 Å². The van der Waals surface area contributed by atoms with Crippen molar-refractivity contribution in [2.75, 3.05) is 11.2 Å². The Bertz CT molecular complexity index is 975. The van der Waals surface area contributed by atoms with Gasteiger partial charge in [0.25, 0.3) is 0 Å². The summed E-state index contributed by atoms with van der Waals surface area (Å²) < 4.78 is 7.37. The number of thioether (sulfide) groups is 1. The summed E-state index contributed by atoms with van der Waals surface area (Å²) in [5.74, 6) is 1.53. The summed E-state index contributed by atoms with van der Waals surface area (Å²) in [5, 5.41) is 10.1. The number of hydrogen-bond donors (Lipinski definition) is 1. The first-order chi connectivity index (χ1) is 12.6. The second-order valence-corrected chi connectivity index (χ2v) is 7.30. The van der Waals surface area contributed by atoms with Gasteiger partial charge in [0.2, 0.25) is 11.1 Å². The molecule has 1 aliphatic rings. The van der Waals surface area contributed by atoms with Crippen molar-refractivity contribution >= 4 is 40.9 Å². The molecule has 0 radical (unpaired) electrons. The number of nitrogens with zero attached hydrogens (tertiary/aromatic N) is 3. The molecule has 26 heavy (non-hydrogen) atoms. The summed E-state index contributed by atoms with van der Waals surface area (Å²) in [4.78, 5) is 11.6. The van der Waals surface area contributed by atoms with Crippen LogP contribution in [-0.2, 0) is 11.4 Å². The largest absolute Gasteiger partial charge is 0.489 e. The van der Waals surface area contributed by atoms with Gasteiger partial charge in [-0.3, -0.25) is 10.2 Å². The summed E-state index contributed by atoms with van der Waals surface area (Å²) in [7, 11) is 0. The second kappa shape index (κ2) is 7.19. The fourth-order valence-electron chi connectivity index (χ4n) is 2.44. The van der Waals surface area contributed by atoms with Crippen LogP contribution < -0.4 is 10.2 Å². The number of amides is 1. The lowest BCUT2D eigenvalue weighted by Crippen LogP contribution is -2.29. The number of ether oxygens (including phenoxy) is 1. The Kier molecular flexibility index (Phi) is 4.76. The molecule has 0 saturated carbocycles. The van der Waals surface area contributed by atoms with E-state index in [4.69, 9.17) is 27.9 Å². The number of fused-ring (bicyclic) bond motifs is 1. The van der Waals surface area contributed by atoms with Crippen LogP contribution in [0, 0.1) is 0 Å². The Hall–Kier alpha value is -2.22. The maximum absolute atomic E-state index is 11.6. The predicted molar refractivity (Wildman–Crippen MR) is 101 cm³/mol. The van der Waals surface area contributed by atoms with E-state index in [1.807, 2.05) is 30.3 Å². The van der Waals surface area contributed by atoms with Crippen LogP contribution in [0.4, 0.5) is 0 Å². The van der Waals surface area contributed by atoms with E-state index < -0.39 is 0 Å². The van der Waals surface area contributed by atoms with Gasteiger partial charge in [0.1, 0.15) is 12.4 Å². The van der Waals surface area contributed by atoms with E-state index in [-0.39, 0.29) is 5.91 Å². The van der Waals surface area contributed by atoms with Gasteiger partial charge >= 0.3 is 0 Å². The average Bonchev–Trinajstić information content (AvgIpc) is 3.04. The van der Waals surface area contributed by atoms with Crippen molar-refractivity contribution in [3.8, 4) is 17.1 Å². The third kappa shape index (κ3) is 3.51. The van der Waals surface area contributed by atoms with E-state index in [9.17, 15) is 4.79 Å². The zero-order valence-corrected chi connectivity index (χ0v) is 15.6. The highest BCUT2D eigenvalue weighted by atomic mass is 35.5. The number of aromatic nitrogens is 3. The molecule has 1 amide bonds. The fraction of sp³-hybridized carbons (Fsp3) is 0.118. The van der Waals surface area contributed by atoms with Crippen LogP contribution in [0.15, 0.2) is 47.6 Å². The minimum Gasteiger partial charge on any atom is -0.489 e. The van der Waals surface area contributed by atoms with Gasteiger partial charge in [0.05, 0.1) is 5.75 Å². The van der Waals surface area contributed by atoms with Crippen molar-refractivity contribution in [3.05, 3.63) is 58.1 Å². The first-order valence-electron chi connectivity index (χ1n) is 7.65. The quantitative estimate of drug-likeness (QED) is 0.708. The lowest BCUT2D eigenvalue weighted by molar-refractivity contribution is -0.114. The molecule has 0 unspecified atom stereocenters. The number of benzene rings is 2. The standard InChI is InChI=1S/C17H12Cl2N4O2S/c18-12-4-1-11(14(19)7-12)8-25-13-5-2-10(3-6-13)16-20-21-17-23(16)22-15(24)9-26-17/h1-7H,8-9H2,(H,22,24). The molecule has 4 rings (SSSR count). The molecule has 0 aliphatic carbocycles. The molecule has 132 valence electrons. The number of halogens is 2. The maximum Gasteiger partial charge on any atom is 0.249 e. The van der Waals surface area contributed by atoms with E-state index in [1.165, 1.54) is 11.8 Å². The summed E-state index contributed by atoms with van der Waals surface area (Å²) in [6, 6.07) is 12.7. The Morgan fingerprint density at radius 1 is 1.15 bits per heavy atom. The lowest BCUT2D eigenvalue weighted by Gasteiger charge is -2.15. The number of rotatable bonds is 4. The van der Waals surface area contributed by atoms with Gasteiger partial charge in [0, 0.05) is 21.2 Å². The molecule has 0 atom stereocenters. The third-order valence-corrected chi connectivity index (χ3v) is 5.24. The van der Waals surface area contributed by atoms with Crippen LogP contribution in [0.1, 0.15) is 5.56 Å². The number of carbonyl (C=O) groups is 1. The molecule has 2 aromatic carbocycles. The normalized spacial score (nSPS) is 13.2. The summed E-state index contributed by atoms with van der Waals surface area (Å²) in [6.45, 7) is 0.336. The van der Waals surface area contributed by atoms with Crippen LogP contribution in [0.3, 0.4) is 0 Å². The van der Waals surface area contributed by atoms with Gasteiger partial charge in [-0.15, -0.1) is 10.2 Å². The van der Waals surface area contributed by atoms with Crippen LogP contribution >= 0.6 is 35.0 Å². The molecular weight excluding hydrogens is 395 g/mol. The van der Waals surface area contributed by atoms with Crippen LogP contribution in [0.25, 0.3) is 11.4 Å². The van der Waals surface area contributed by atoms with Gasteiger partial charge in [-0.05, 0) is 36.4 Å². The number of hydrogen-bond acceptors (Lipinski definition) is 5. The molecule has 2 heterocycles. The molecule has 0 spiro atoms. The first kappa shape index (κ1) is 17.2. The smallest absolute Gasteiger partial charge is 0.249 e. The average molecular weight is 407 g/mol. The maximum atomic E-state index is 11.6. The SMILES string of the molecule is O=C1CSc2nnc(-c3ccc(OCc4ccc(Cl)cc4Cl)cc3)n2N1. The highest BCUT2D eigenvalue weighted by molar-refractivity contribution is 7.99.